The van der Waals surface area contributed by atoms with Crippen molar-refractivity contribution in [3.8, 4) is 0 Å². The lowest BCUT2D eigenvalue weighted by atomic mass is 10.2. The van der Waals surface area contributed by atoms with Crippen LogP contribution in [0.15, 0.2) is 0 Å². The Morgan fingerprint density at radius 2 is 1.57 bits per heavy atom. The van der Waals surface area contributed by atoms with E-state index in [-0.39, 0.29) is 24.8 Å². The standard InChI is InChI=1S/C9H19ClN2.2ClH/c1-9(2)12-7-5-11(4-3-10)6-8-12;;/h9H,3-8H2,1-2H3;2*1H. The number of rotatable bonds is 3. The van der Waals surface area contributed by atoms with E-state index in [0.29, 0.717) is 6.04 Å². The minimum Gasteiger partial charge on any atom is -0.300 e. The van der Waals surface area contributed by atoms with Gasteiger partial charge >= 0.3 is 0 Å². The van der Waals surface area contributed by atoms with Crippen molar-refractivity contribution in [2.75, 3.05) is 38.6 Å². The van der Waals surface area contributed by atoms with E-state index in [1.807, 2.05) is 0 Å². The number of hydrogen-bond acceptors (Lipinski definition) is 2. The molecule has 0 atom stereocenters. The van der Waals surface area contributed by atoms with Gasteiger partial charge in [0, 0.05) is 44.6 Å². The molecule has 1 aliphatic rings. The van der Waals surface area contributed by atoms with Crippen molar-refractivity contribution in [2.45, 2.75) is 19.9 Å². The molecule has 1 heterocycles. The molecule has 1 saturated heterocycles. The van der Waals surface area contributed by atoms with Gasteiger partial charge in [-0.15, -0.1) is 36.4 Å². The van der Waals surface area contributed by atoms with E-state index in [0.717, 1.165) is 12.4 Å². The predicted octanol–water partition coefficient (Wildman–Crippen LogP) is 2.09. The quantitative estimate of drug-likeness (QED) is 0.720. The molecule has 0 aromatic rings. The molecule has 1 aliphatic heterocycles. The Hall–Kier alpha value is 0.790. The van der Waals surface area contributed by atoms with Crippen LogP contribution in [0.3, 0.4) is 0 Å². The van der Waals surface area contributed by atoms with Crippen LogP contribution in [0.1, 0.15) is 13.8 Å². The van der Waals surface area contributed by atoms with Gasteiger partial charge in [0.25, 0.3) is 0 Å². The molecule has 2 nitrogen and oxygen atoms in total. The third-order valence-electron chi connectivity index (χ3n) is 2.54. The fourth-order valence-corrected chi connectivity index (χ4v) is 1.86. The van der Waals surface area contributed by atoms with Gasteiger partial charge in [0.2, 0.25) is 0 Å². The zero-order valence-electron chi connectivity index (χ0n) is 8.91. The van der Waals surface area contributed by atoms with E-state index in [9.17, 15) is 0 Å². The highest BCUT2D eigenvalue weighted by Gasteiger charge is 2.17. The number of nitrogens with zero attached hydrogens (tertiary/aromatic N) is 2. The number of halogens is 3. The molecule has 0 aromatic heterocycles. The molecule has 1 rings (SSSR count). The van der Waals surface area contributed by atoms with E-state index in [2.05, 4.69) is 23.6 Å². The molecule has 0 radical (unpaired) electrons. The van der Waals surface area contributed by atoms with Crippen LogP contribution in [0, 0.1) is 0 Å². The Morgan fingerprint density at radius 1 is 1.07 bits per heavy atom. The molecule has 5 heteroatoms. The third kappa shape index (κ3) is 5.62. The second-order valence-electron chi connectivity index (χ2n) is 3.66. The van der Waals surface area contributed by atoms with Crippen LogP contribution >= 0.6 is 36.4 Å². The molecule has 88 valence electrons. The summed E-state index contributed by atoms with van der Waals surface area (Å²) in [6, 6.07) is 0.697. The molecular weight excluding hydrogens is 242 g/mol. The molecule has 0 unspecified atom stereocenters. The molecule has 0 aliphatic carbocycles. The first-order valence-electron chi connectivity index (χ1n) is 4.76. The smallest absolute Gasteiger partial charge is 0.0351 e. The van der Waals surface area contributed by atoms with Crippen molar-refractivity contribution >= 4 is 36.4 Å². The zero-order valence-corrected chi connectivity index (χ0v) is 11.3. The van der Waals surface area contributed by atoms with Gasteiger partial charge in [0.05, 0.1) is 0 Å². The van der Waals surface area contributed by atoms with Crippen molar-refractivity contribution in [3.63, 3.8) is 0 Å². The summed E-state index contributed by atoms with van der Waals surface area (Å²) in [5.74, 6) is 0.766. The largest absolute Gasteiger partial charge is 0.300 e. The van der Waals surface area contributed by atoms with Crippen molar-refractivity contribution in [1.82, 2.24) is 9.80 Å². The number of hydrogen-bond donors (Lipinski definition) is 0. The van der Waals surface area contributed by atoms with Crippen molar-refractivity contribution in [2.24, 2.45) is 0 Å². The molecule has 1 fully saturated rings. The van der Waals surface area contributed by atoms with E-state index >= 15 is 0 Å². The first kappa shape index (κ1) is 17.2. The lowest BCUT2D eigenvalue weighted by molar-refractivity contribution is 0.113. The lowest BCUT2D eigenvalue weighted by Crippen LogP contribution is -2.49. The Bertz CT molecular complexity index is 125. The van der Waals surface area contributed by atoms with Gasteiger partial charge in [0.1, 0.15) is 0 Å². The van der Waals surface area contributed by atoms with Crippen molar-refractivity contribution in [1.29, 1.82) is 0 Å². The van der Waals surface area contributed by atoms with Gasteiger partial charge in [-0.2, -0.15) is 0 Å². The summed E-state index contributed by atoms with van der Waals surface area (Å²) in [5.41, 5.74) is 0. The molecule has 0 amide bonds. The Labute approximate surface area is 105 Å². The monoisotopic (exact) mass is 262 g/mol. The van der Waals surface area contributed by atoms with Crippen LogP contribution in [0.25, 0.3) is 0 Å². The maximum Gasteiger partial charge on any atom is 0.0351 e. The first-order valence-corrected chi connectivity index (χ1v) is 5.30. The van der Waals surface area contributed by atoms with Gasteiger partial charge in [0.15, 0.2) is 0 Å². The molecule has 0 aromatic carbocycles. The maximum atomic E-state index is 5.68. The van der Waals surface area contributed by atoms with Gasteiger partial charge in [-0.05, 0) is 13.8 Å². The van der Waals surface area contributed by atoms with Crippen molar-refractivity contribution in [3.05, 3.63) is 0 Å². The first-order chi connectivity index (χ1) is 5.74. The maximum absolute atomic E-state index is 5.68. The fraction of sp³-hybridized carbons (Fsp3) is 1.00. The molecule has 0 saturated carbocycles. The predicted molar refractivity (Wildman–Crippen MR) is 68.4 cm³/mol. The van der Waals surface area contributed by atoms with Crippen LogP contribution in [0.4, 0.5) is 0 Å². The van der Waals surface area contributed by atoms with Crippen LogP contribution < -0.4 is 0 Å². The van der Waals surface area contributed by atoms with Gasteiger partial charge in [-0.25, -0.2) is 0 Å². The molecule has 0 N–H and O–H groups in total. The Balaban J connectivity index is 0. The van der Waals surface area contributed by atoms with Gasteiger partial charge < -0.3 is 0 Å². The summed E-state index contributed by atoms with van der Waals surface area (Å²) in [6.45, 7) is 10.3. The molecule has 0 spiro atoms. The van der Waals surface area contributed by atoms with Gasteiger partial charge in [-0.1, -0.05) is 0 Å². The normalized spacial score (nSPS) is 18.9. The molecule has 14 heavy (non-hydrogen) atoms. The number of alkyl halides is 1. The topological polar surface area (TPSA) is 6.48 Å². The summed E-state index contributed by atoms with van der Waals surface area (Å²) in [4.78, 5) is 4.95. The van der Waals surface area contributed by atoms with E-state index in [4.69, 9.17) is 11.6 Å². The van der Waals surface area contributed by atoms with Crippen LogP contribution in [-0.2, 0) is 0 Å². The molecule has 0 bridgehead atoms. The van der Waals surface area contributed by atoms with E-state index < -0.39 is 0 Å². The van der Waals surface area contributed by atoms with Gasteiger partial charge in [-0.3, -0.25) is 9.80 Å². The summed E-state index contributed by atoms with van der Waals surface area (Å²) in [5, 5.41) is 0. The van der Waals surface area contributed by atoms with E-state index in [1.54, 1.807) is 0 Å². The van der Waals surface area contributed by atoms with Crippen molar-refractivity contribution < 1.29 is 0 Å². The minimum absolute atomic E-state index is 0. The summed E-state index contributed by atoms with van der Waals surface area (Å²) in [6.07, 6.45) is 0. The highest BCUT2D eigenvalue weighted by Crippen LogP contribution is 2.05. The zero-order chi connectivity index (χ0) is 8.97. The Kier molecular flexibility index (Phi) is 11.1. The second-order valence-corrected chi connectivity index (χ2v) is 4.04. The lowest BCUT2D eigenvalue weighted by Gasteiger charge is -2.36. The van der Waals surface area contributed by atoms with Crippen LogP contribution in [0.2, 0.25) is 0 Å². The minimum atomic E-state index is 0. The average molecular weight is 264 g/mol. The second kappa shape index (κ2) is 9.05. The van der Waals surface area contributed by atoms with E-state index in [1.165, 1.54) is 26.2 Å². The number of piperazine rings is 1. The fourth-order valence-electron chi connectivity index (χ4n) is 1.62. The summed E-state index contributed by atoms with van der Waals surface area (Å²) >= 11 is 5.68. The summed E-state index contributed by atoms with van der Waals surface area (Å²) < 4.78 is 0. The highest BCUT2D eigenvalue weighted by atomic mass is 35.5. The van der Waals surface area contributed by atoms with Crippen LogP contribution in [0.5, 0.6) is 0 Å². The molecular formula is C9H21Cl3N2. The SMILES string of the molecule is CC(C)N1CCN(CCCl)CC1.Cl.Cl. The average Bonchev–Trinajstić information content (AvgIpc) is 2.06. The Morgan fingerprint density at radius 3 is 1.93 bits per heavy atom. The highest BCUT2D eigenvalue weighted by molar-refractivity contribution is 6.18. The van der Waals surface area contributed by atoms with Crippen LogP contribution in [-0.4, -0.2) is 54.4 Å². The summed E-state index contributed by atoms with van der Waals surface area (Å²) in [7, 11) is 0. The third-order valence-corrected chi connectivity index (χ3v) is 2.71.